The van der Waals surface area contributed by atoms with Gasteiger partial charge in [0.2, 0.25) is 0 Å². The fraction of sp³-hybridized carbons (Fsp3) is 0.389. The van der Waals surface area contributed by atoms with Gasteiger partial charge in [-0.2, -0.15) is 0 Å². The predicted molar refractivity (Wildman–Crippen MR) is 85.1 cm³/mol. The molecule has 2 aliphatic rings. The van der Waals surface area contributed by atoms with Crippen LogP contribution in [0.3, 0.4) is 0 Å². The molecule has 122 valence electrons. The SMILES string of the molecule is CC(C)c1cc(C(=O)N2CC3C=CC(F)=CC3C2)c(O)cc1O. The van der Waals surface area contributed by atoms with Gasteiger partial charge in [0.05, 0.1) is 5.56 Å². The minimum absolute atomic E-state index is 0.0166. The largest absolute Gasteiger partial charge is 0.508 e. The first-order chi connectivity index (χ1) is 10.9. The number of carbonyl (C=O) groups is 1. The number of nitrogens with zero attached hydrogens (tertiary/aromatic N) is 1. The van der Waals surface area contributed by atoms with Crippen LogP contribution in [-0.4, -0.2) is 34.1 Å². The number of benzene rings is 1. The highest BCUT2D eigenvalue weighted by atomic mass is 19.1. The van der Waals surface area contributed by atoms with Crippen molar-refractivity contribution < 1.29 is 19.4 Å². The van der Waals surface area contributed by atoms with Crippen LogP contribution in [0.2, 0.25) is 0 Å². The maximum Gasteiger partial charge on any atom is 0.257 e. The lowest BCUT2D eigenvalue weighted by Gasteiger charge is -2.18. The highest BCUT2D eigenvalue weighted by Gasteiger charge is 2.35. The second-order valence-electron chi connectivity index (χ2n) is 6.53. The fourth-order valence-electron chi connectivity index (χ4n) is 3.27. The monoisotopic (exact) mass is 317 g/mol. The molecular weight excluding hydrogens is 297 g/mol. The summed E-state index contributed by atoms with van der Waals surface area (Å²) in [5, 5.41) is 19.9. The van der Waals surface area contributed by atoms with E-state index in [9.17, 15) is 19.4 Å². The van der Waals surface area contributed by atoms with Gasteiger partial charge in [0.15, 0.2) is 0 Å². The number of fused-ring (bicyclic) bond motifs is 1. The quantitative estimate of drug-likeness (QED) is 0.879. The smallest absolute Gasteiger partial charge is 0.257 e. The van der Waals surface area contributed by atoms with Gasteiger partial charge in [-0.1, -0.05) is 19.9 Å². The minimum Gasteiger partial charge on any atom is -0.508 e. The van der Waals surface area contributed by atoms with Gasteiger partial charge >= 0.3 is 0 Å². The number of phenols is 2. The number of allylic oxidation sites excluding steroid dienone is 2. The Balaban J connectivity index is 1.87. The third-order valence-electron chi connectivity index (χ3n) is 4.57. The first-order valence-corrected chi connectivity index (χ1v) is 7.77. The number of halogens is 1. The Hall–Kier alpha value is -2.30. The summed E-state index contributed by atoms with van der Waals surface area (Å²) in [4.78, 5) is 14.4. The van der Waals surface area contributed by atoms with Crippen LogP contribution in [0, 0.1) is 11.8 Å². The van der Waals surface area contributed by atoms with E-state index in [-0.39, 0.29) is 46.6 Å². The van der Waals surface area contributed by atoms with E-state index in [0.717, 1.165) is 0 Å². The number of hydrogen-bond acceptors (Lipinski definition) is 3. The molecule has 1 aliphatic carbocycles. The van der Waals surface area contributed by atoms with E-state index in [1.165, 1.54) is 12.1 Å². The van der Waals surface area contributed by atoms with Crippen molar-refractivity contribution in [1.82, 2.24) is 4.90 Å². The van der Waals surface area contributed by atoms with E-state index in [1.54, 1.807) is 23.1 Å². The van der Waals surface area contributed by atoms with E-state index in [0.29, 0.717) is 18.7 Å². The van der Waals surface area contributed by atoms with Crippen LogP contribution < -0.4 is 0 Å². The highest BCUT2D eigenvalue weighted by Crippen LogP contribution is 2.36. The highest BCUT2D eigenvalue weighted by molar-refractivity contribution is 5.97. The van der Waals surface area contributed by atoms with E-state index in [1.807, 2.05) is 13.8 Å². The first kappa shape index (κ1) is 15.6. The van der Waals surface area contributed by atoms with Crippen molar-refractivity contribution >= 4 is 5.91 Å². The van der Waals surface area contributed by atoms with Gasteiger partial charge < -0.3 is 15.1 Å². The molecular formula is C18H20FNO3. The van der Waals surface area contributed by atoms with Crippen LogP contribution in [0.25, 0.3) is 0 Å². The molecule has 0 spiro atoms. The van der Waals surface area contributed by atoms with Crippen molar-refractivity contribution in [2.45, 2.75) is 19.8 Å². The van der Waals surface area contributed by atoms with Crippen LogP contribution in [0.4, 0.5) is 4.39 Å². The maximum atomic E-state index is 13.3. The summed E-state index contributed by atoms with van der Waals surface area (Å²) in [7, 11) is 0. The Bertz CT molecular complexity index is 708. The van der Waals surface area contributed by atoms with Crippen LogP contribution in [0.15, 0.2) is 36.2 Å². The van der Waals surface area contributed by atoms with Crippen molar-refractivity contribution in [2.24, 2.45) is 11.8 Å². The number of rotatable bonds is 2. The molecule has 1 fully saturated rings. The fourth-order valence-corrected chi connectivity index (χ4v) is 3.27. The van der Waals surface area contributed by atoms with Gasteiger partial charge in [0.1, 0.15) is 17.3 Å². The normalized spacial score (nSPS) is 23.1. The van der Waals surface area contributed by atoms with Crippen molar-refractivity contribution in [3.8, 4) is 11.5 Å². The summed E-state index contributed by atoms with van der Waals surface area (Å²) in [6.45, 7) is 4.74. The molecule has 0 radical (unpaired) electrons. The Labute approximate surface area is 134 Å². The standard InChI is InChI=1S/C18H20FNO3/c1-10(2)14-6-15(17(22)7-16(14)21)18(23)20-8-11-3-4-13(19)5-12(11)9-20/h3-7,10-12,21-22H,8-9H2,1-2H3. The lowest BCUT2D eigenvalue weighted by Crippen LogP contribution is -2.29. The van der Waals surface area contributed by atoms with Crippen LogP contribution in [0.1, 0.15) is 35.7 Å². The molecule has 0 aromatic heterocycles. The van der Waals surface area contributed by atoms with E-state index < -0.39 is 0 Å². The zero-order chi connectivity index (χ0) is 16.7. The molecule has 1 heterocycles. The number of likely N-dealkylation sites (tertiary alicyclic amines) is 1. The number of amides is 1. The summed E-state index contributed by atoms with van der Waals surface area (Å²) < 4.78 is 13.3. The molecule has 1 amide bonds. The Morgan fingerprint density at radius 3 is 2.61 bits per heavy atom. The molecule has 5 heteroatoms. The Kier molecular flexibility index (Phi) is 3.88. The zero-order valence-electron chi connectivity index (χ0n) is 13.2. The second kappa shape index (κ2) is 5.72. The predicted octanol–water partition coefficient (Wildman–Crippen LogP) is 3.33. The van der Waals surface area contributed by atoms with Gasteiger partial charge in [-0.15, -0.1) is 0 Å². The van der Waals surface area contributed by atoms with Crippen molar-refractivity contribution in [1.29, 1.82) is 0 Å². The average molecular weight is 317 g/mol. The lowest BCUT2D eigenvalue weighted by molar-refractivity contribution is 0.0784. The zero-order valence-corrected chi connectivity index (χ0v) is 13.2. The average Bonchev–Trinajstić information content (AvgIpc) is 2.89. The first-order valence-electron chi connectivity index (χ1n) is 7.77. The molecule has 1 saturated heterocycles. The Morgan fingerprint density at radius 1 is 1.22 bits per heavy atom. The molecule has 1 aromatic rings. The topological polar surface area (TPSA) is 60.8 Å². The van der Waals surface area contributed by atoms with Gasteiger partial charge in [-0.25, -0.2) is 4.39 Å². The van der Waals surface area contributed by atoms with E-state index in [2.05, 4.69) is 0 Å². The lowest BCUT2D eigenvalue weighted by atomic mass is 9.92. The van der Waals surface area contributed by atoms with Crippen LogP contribution in [-0.2, 0) is 0 Å². The molecule has 3 rings (SSSR count). The number of aromatic hydroxyl groups is 2. The van der Waals surface area contributed by atoms with Crippen molar-refractivity contribution in [3.63, 3.8) is 0 Å². The molecule has 2 atom stereocenters. The molecule has 0 bridgehead atoms. The van der Waals surface area contributed by atoms with Crippen molar-refractivity contribution in [2.75, 3.05) is 13.1 Å². The second-order valence-corrected chi connectivity index (χ2v) is 6.53. The van der Waals surface area contributed by atoms with Gasteiger partial charge in [0, 0.05) is 31.0 Å². The van der Waals surface area contributed by atoms with E-state index >= 15 is 0 Å². The molecule has 4 nitrogen and oxygen atoms in total. The summed E-state index contributed by atoms with van der Waals surface area (Å²) in [6.07, 6.45) is 4.78. The molecule has 23 heavy (non-hydrogen) atoms. The summed E-state index contributed by atoms with van der Waals surface area (Å²) >= 11 is 0. The molecule has 0 saturated carbocycles. The van der Waals surface area contributed by atoms with Crippen LogP contribution >= 0.6 is 0 Å². The summed E-state index contributed by atoms with van der Waals surface area (Å²) in [6, 6.07) is 2.76. The molecule has 2 unspecified atom stereocenters. The van der Waals surface area contributed by atoms with Crippen molar-refractivity contribution in [3.05, 3.63) is 47.3 Å². The van der Waals surface area contributed by atoms with Crippen LogP contribution in [0.5, 0.6) is 11.5 Å². The minimum atomic E-state index is -0.291. The maximum absolute atomic E-state index is 13.3. The summed E-state index contributed by atoms with van der Waals surface area (Å²) in [5.41, 5.74) is 0.798. The third-order valence-corrected chi connectivity index (χ3v) is 4.57. The number of carbonyl (C=O) groups excluding carboxylic acids is 1. The van der Waals surface area contributed by atoms with Gasteiger partial charge in [-0.05, 0) is 29.7 Å². The molecule has 1 aliphatic heterocycles. The number of phenolic OH excluding ortho intramolecular Hbond substituents is 2. The number of hydrogen-bond donors (Lipinski definition) is 2. The molecule has 1 aromatic carbocycles. The summed E-state index contributed by atoms with van der Waals surface area (Å²) in [5.74, 6) is -0.685. The van der Waals surface area contributed by atoms with Gasteiger partial charge in [-0.3, -0.25) is 4.79 Å². The third kappa shape index (κ3) is 2.83. The Morgan fingerprint density at radius 2 is 1.91 bits per heavy atom. The van der Waals surface area contributed by atoms with Gasteiger partial charge in [0.25, 0.3) is 5.91 Å². The molecule has 2 N–H and O–H groups in total. The van der Waals surface area contributed by atoms with E-state index in [4.69, 9.17) is 0 Å².